The van der Waals surface area contributed by atoms with Crippen molar-refractivity contribution in [2.75, 3.05) is 18.1 Å². The van der Waals surface area contributed by atoms with Crippen molar-refractivity contribution >= 4 is 11.6 Å². The lowest BCUT2D eigenvalue weighted by molar-refractivity contribution is -0.122. The molecule has 1 saturated carbocycles. The standard InChI is InChI=1S/C14H16FNO2/c15-11-5-6-12-13(9-11)18-8-7-16(12)14(17)10-3-1-2-4-10/h5-6,9-10H,1-4,7-8H2. The highest BCUT2D eigenvalue weighted by molar-refractivity contribution is 5.96. The number of fused-ring (bicyclic) bond motifs is 1. The third-order valence-electron chi connectivity index (χ3n) is 3.76. The van der Waals surface area contributed by atoms with E-state index in [-0.39, 0.29) is 17.6 Å². The summed E-state index contributed by atoms with van der Waals surface area (Å²) in [6, 6.07) is 4.36. The average molecular weight is 249 g/mol. The van der Waals surface area contributed by atoms with E-state index in [1.165, 1.54) is 12.1 Å². The number of rotatable bonds is 1. The molecule has 0 radical (unpaired) electrons. The number of hydrogen-bond acceptors (Lipinski definition) is 2. The molecule has 1 aliphatic carbocycles. The maximum atomic E-state index is 13.1. The fourth-order valence-corrected chi connectivity index (χ4v) is 2.82. The molecule has 1 amide bonds. The van der Waals surface area contributed by atoms with Gasteiger partial charge in [-0.3, -0.25) is 4.79 Å². The highest BCUT2D eigenvalue weighted by Crippen LogP contribution is 2.35. The predicted octanol–water partition coefficient (Wildman–Crippen LogP) is 2.74. The van der Waals surface area contributed by atoms with Gasteiger partial charge in [0.2, 0.25) is 5.91 Å². The molecule has 1 aromatic carbocycles. The molecule has 18 heavy (non-hydrogen) atoms. The maximum absolute atomic E-state index is 13.1. The van der Waals surface area contributed by atoms with Crippen LogP contribution in [0.15, 0.2) is 18.2 Å². The van der Waals surface area contributed by atoms with Crippen LogP contribution in [-0.2, 0) is 4.79 Å². The molecule has 0 saturated heterocycles. The molecule has 0 spiro atoms. The van der Waals surface area contributed by atoms with E-state index in [0.717, 1.165) is 25.7 Å². The van der Waals surface area contributed by atoms with Crippen molar-refractivity contribution in [1.29, 1.82) is 0 Å². The van der Waals surface area contributed by atoms with Gasteiger partial charge in [-0.15, -0.1) is 0 Å². The van der Waals surface area contributed by atoms with Crippen LogP contribution in [0.25, 0.3) is 0 Å². The Balaban J connectivity index is 1.88. The Hall–Kier alpha value is -1.58. The maximum Gasteiger partial charge on any atom is 0.230 e. The fourth-order valence-electron chi connectivity index (χ4n) is 2.82. The Bertz CT molecular complexity index is 469. The van der Waals surface area contributed by atoms with Crippen molar-refractivity contribution in [3.8, 4) is 5.75 Å². The zero-order chi connectivity index (χ0) is 12.5. The van der Waals surface area contributed by atoms with E-state index in [1.54, 1.807) is 11.0 Å². The van der Waals surface area contributed by atoms with Gasteiger partial charge in [-0.05, 0) is 25.0 Å². The Labute approximate surface area is 106 Å². The summed E-state index contributed by atoms with van der Waals surface area (Å²) in [5.74, 6) is 0.459. The summed E-state index contributed by atoms with van der Waals surface area (Å²) in [5, 5.41) is 0. The zero-order valence-electron chi connectivity index (χ0n) is 10.2. The van der Waals surface area contributed by atoms with Crippen molar-refractivity contribution in [3.63, 3.8) is 0 Å². The molecule has 1 heterocycles. The second kappa shape index (κ2) is 4.59. The largest absolute Gasteiger partial charge is 0.489 e. The fraction of sp³-hybridized carbons (Fsp3) is 0.500. The second-order valence-corrected chi connectivity index (χ2v) is 4.93. The number of benzene rings is 1. The molecule has 3 rings (SSSR count). The van der Waals surface area contributed by atoms with E-state index in [0.29, 0.717) is 24.6 Å². The highest BCUT2D eigenvalue weighted by Gasteiger charge is 2.31. The normalized spacial score (nSPS) is 19.5. The molecule has 0 aromatic heterocycles. The van der Waals surface area contributed by atoms with E-state index in [4.69, 9.17) is 4.74 Å². The van der Waals surface area contributed by atoms with Gasteiger partial charge in [-0.1, -0.05) is 12.8 Å². The second-order valence-electron chi connectivity index (χ2n) is 4.93. The molecule has 4 heteroatoms. The number of ether oxygens (including phenoxy) is 1. The third kappa shape index (κ3) is 1.96. The zero-order valence-corrected chi connectivity index (χ0v) is 10.2. The minimum absolute atomic E-state index is 0.140. The molecule has 0 unspecified atom stereocenters. The van der Waals surface area contributed by atoms with Crippen LogP contribution >= 0.6 is 0 Å². The van der Waals surface area contributed by atoms with Crippen LogP contribution in [0.3, 0.4) is 0 Å². The van der Waals surface area contributed by atoms with E-state index in [1.807, 2.05) is 0 Å². The Morgan fingerprint density at radius 3 is 2.89 bits per heavy atom. The summed E-state index contributed by atoms with van der Waals surface area (Å²) >= 11 is 0. The average Bonchev–Trinajstić information content (AvgIpc) is 2.90. The molecule has 1 aliphatic heterocycles. The van der Waals surface area contributed by atoms with Crippen molar-refractivity contribution < 1.29 is 13.9 Å². The van der Waals surface area contributed by atoms with Gasteiger partial charge in [0.15, 0.2) is 0 Å². The number of hydrogen-bond donors (Lipinski definition) is 0. The number of anilines is 1. The molecule has 0 bridgehead atoms. The van der Waals surface area contributed by atoms with Crippen LogP contribution in [0.5, 0.6) is 5.75 Å². The Morgan fingerprint density at radius 2 is 2.11 bits per heavy atom. The van der Waals surface area contributed by atoms with Gasteiger partial charge in [0.1, 0.15) is 18.2 Å². The van der Waals surface area contributed by atoms with E-state index in [2.05, 4.69) is 0 Å². The van der Waals surface area contributed by atoms with E-state index in [9.17, 15) is 9.18 Å². The monoisotopic (exact) mass is 249 g/mol. The van der Waals surface area contributed by atoms with Crippen LogP contribution in [-0.4, -0.2) is 19.1 Å². The van der Waals surface area contributed by atoms with Crippen LogP contribution in [0.4, 0.5) is 10.1 Å². The first-order chi connectivity index (χ1) is 8.75. The van der Waals surface area contributed by atoms with Crippen molar-refractivity contribution in [3.05, 3.63) is 24.0 Å². The number of halogens is 1. The molecule has 0 atom stereocenters. The van der Waals surface area contributed by atoms with Gasteiger partial charge in [0.25, 0.3) is 0 Å². The van der Waals surface area contributed by atoms with E-state index >= 15 is 0 Å². The van der Waals surface area contributed by atoms with Gasteiger partial charge in [-0.25, -0.2) is 4.39 Å². The van der Waals surface area contributed by atoms with Gasteiger partial charge >= 0.3 is 0 Å². The topological polar surface area (TPSA) is 29.5 Å². The summed E-state index contributed by atoms with van der Waals surface area (Å²) in [5.41, 5.74) is 0.708. The first-order valence-electron chi connectivity index (χ1n) is 6.49. The molecule has 96 valence electrons. The van der Waals surface area contributed by atoms with Gasteiger partial charge in [-0.2, -0.15) is 0 Å². The predicted molar refractivity (Wildman–Crippen MR) is 66.2 cm³/mol. The lowest BCUT2D eigenvalue weighted by Gasteiger charge is -2.31. The van der Waals surface area contributed by atoms with Gasteiger partial charge in [0, 0.05) is 12.0 Å². The quantitative estimate of drug-likeness (QED) is 0.766. The van der Waals surface area contributed by atoms with Crippen LogP contribution in [0, 0.1) is 11.7 Å². The lowest BCUT2D eigenvalue weighted by atomic mass is 10.1. The SMILES string of the molecule is O=C(C1CCCC1)N1CCOc2cc(F)ccc21. The lowest BCUT2D eigenvalue weighted by Crippen LogP contribution is -2.41. The summed E-state index contributed by atoms with van der Waals surface area (Å²) in [7, 11) is 0. The highest BCUT2D eigenvalue weighted by atomic mass is 19.1. The number of amides is 1. The summed E-state index contributed by atoms with van der Waals surface area (Å²) in [6.07, 6.45) is 4.23. The smallest absolute Gasteiger partial charge is 0.230 e. The van der Waals surface area contributed by atoms with Crippen LogP contribution in [0.1, 0.15) is 25.7 Å². The van der Waals surface area contributed by atoms with Gasteiger partial charge < -0.3 is 9.64 Å². The summed E-state index contributed by atoms with van der Waals surface area (Å²) in [4.78, 5) is 14.2. The summed E-state index contributed by atoms with van der Waals surface area (Å²) < 4.78 is 18.6. The first kappa shape index (κ1) is 11.5. The molecular formula is C14H16FNO2. The molecule has 3 nitrogen and oxygen atoms in total. The Morgan fingerprint density at radius 1 is 1.33 bits per heavy atom. The molecule has 0 N–H and O–H groups in total. The number of carbonyl (C=O) groups excluding carboxylic acids is 1. The summed E-state index contributed by atoms with van der Waals surface area (Å²) in [6.45, 7) is 1.00. The molecule has 2 aliphatic rings. The van der Waals surface area contributed by atoms with Crippen molar-refractivity contribution in [1.82, 2.24) is 0 Å². The molecular weight excluding hydrogens is 233 g/mol. The Kier molecular flexibility index (Phi) is 2.94. The van der Waals surface area contributed by atoms with Crippen molar-refractivity contribution in [2.24, 2.45) is 5.92 Å². The minimum Gasteiger partial charge on any atom is -0.489 e. The number of nitrogens with zero attached hydrogens (tertiary/aromatic N) is 1. The first-order valence-corrected chi connectivity index (χ1v) is 6.49. The van der Waals surface area contributed by atoms with Gasteiger partial charge in [0.05, 0.1) is 12.2 Å². The number of carbonyl (C=O) groups is 1. The van der Waals surface area contributed by atoms with Crippen LogP contribution in [0.2, 0.25) is 0 Å². The van der Waals surface area contributed by atoms with Crippen molar-refractivity contribution in [2.45, 2.75) is 25.7 Å². The minimum atomic E-state index is -0.330. The van der Waals surface area contributed by atoms with E-state index < -0.39 is 0 Å². The third-order valence-corrected chi connectivity index (χ3v) is 3.76. The van der Waals surface area contributed by atoms with Crippen LogP contribution < -0.4 is 9.64 Å². The molecule has 1 fully saturated rings. The molecule has 1 aromatic rings.